The minimum Gasteiger partial charge on any atom is -0.384 e. The second-order valence-electron chi connectivity index (χ2n) is 2.45. The summed E-state index contributed by atoms with van der Waals surface area (Å²) in [6.07, 6.45) is 0. The van der Waals surface area contributed by atoms with E-state index in [0.29, 0.717) is 5.56 Å². The molecule has 15 heavy (non-hydrogen) atoms. The van der Waals surface area contributed by atoms with Crippen LogP contribution >= 0.6 is 12.5 Å². The van der Waals surface area contributed by atoms with Crippen LogP contribution in [0, 0.1) is 42.4 Å². The van der Waals surface area contributed by atoms with Crippen LogP contribution in [-0.2, 0) is 0 Å². The Labute approximate surface area is 122 Å². The van der Waals surface area contributed by atoms with Crippen LogP contribution in [0.25, 0.3) is 0 Å². The summed E-state index contributed by atoms with van der Waals surface area (Å²) in [6.45, 7) is 6.41. The van der Waals surface area contributed by atoms with E-state index < -0.39 is 0 Å². The van der Waals surface area contributed by atoms with E-state index >= 15 is 0 Å². The standard InChI is InChI=1S/C9H10N2.CH4BS.U/c1-2-11-9-6-4-3-5-8(9)7-10;1-2-3;/h3-6,11H,2H2,1H3;3H,1H3;. The van der Waals surface area contributed by atoms with E-state index in [9.17, 15) is 0 Å². The molecule has 0 aliphatic heterocycles. The number of hydrogen-bond donors (Lipinski definition) is 2. The average molecular weight is 443 g/mol. The van der Waals surface area contributed by atoms with Crippen molar-refractivity contribution in [3.8, 4) is 6.07 Å². The Balaban J connectivity index is 0. The van der Waals surface area contributed by atoms with E-state index in [0.717, 1.165) is 12.2 Å². The third-order valence-corrected chi connectivity index (χ3v) is 1.41. The number of nitrogens with one attached hydrogen (secondary N) is 1. The molecule has 1 radical (unpaired) electrons. The zero-order valence-electron chi connectivity index (χ0n) is 8.99. The van der Waals surface area contributed by atoms with Gasteiger partial charge in [0.05, 0.1) is 11.3 Å². The van der Waals surface area contributed by atoms with Crippen LogP contribution in [0.1, 0.15) is 12.5 Å². The predicted octanol–water partition coefficient (Wildman–Crippen LogP) is 2.57. The monoisotopic (exact) mass is 443 g/mol. The van der Waals surface area contributed by atoms with Gasteiger partial charge in [-0.15, -0.1) is 0 Å². The van der Waals surface area contributed by atoms with Gasteiger partial charge in [-0.25, -0.2) is 12.5 Å². The predicted molar refractivity (Wildman–Crippen MR) is 65.9 cm³/mol. The first-order valence-electron chi connectivity index (χ1n) is 4.45. The largest absolute Gasteiger partial charge is 0.384 e. The number of nitrogens with zero attached hydrogens (tertiary/aromatic N) is 1. The zero-order chi connectivity index (χ0) is 10.8. The maximum Gasteiger partial charge on any atom is 0.183 e. The molecule has 0 aliphatic rings. The summed E-state index contributed by atoms with van der Waals surface area (Å²) in [7, 11) is 0. The molecular formula is C10H14BN2SU. The molecule has 0 bridgehead atoms. The summed E-state index contributed by atoms with van der Waals surface area (Å²) >= 11 is 3.66. The Morgan fingerprint density at radius 3 is 2.47 bits per heavy atom. The van der Waals surface area contributed by atoms with E-state index in [4.69, 9.17) is 5.26 Å². The first-order valence-corrected chi connectivity index (χ1v) is 4.96. The summed E-state index contributed by atoms with van der Waals surface area (Å²) in [5.41, 5.74) is 1.62. The molecule has 1 aromatic carbocycles. The van der Waals surface area contributed by atoms with E-state index in [1.54, 1.807) is 12.6 Å². The zero-order valence-corrected chi connectivity index (χ0v) is 14.0. The van der Waals surface area contributed by atoms with Gasteiger partial charge in [0.1, 0.15) is 6.07 Å². The summed E-state index contributed by atoms with van der Waals surface area (Å²) in [5, 5.41) is 11.8. The van der Waals surface area contributed by atoms with Gasteiger partial charge in [0.15, 0.2) is 6.56 Å². The van der Waals surface area contributed by atoms with E-state index in [-0.39, 0.29) is 31.1 Å². The van der Waals surface area contributed by atoms with Crippen LogP contribution in [0.3, 0.4) is 0 Å². The first kappa shape index (κ1) is 17.4. The van der Waals surface area contributed by atoms with Crippen molar-refractivity contribution >= 4 is 24.7 Å². The van der Waals surface area contributed by atoms with Crippen molar-refractivity contribution in [2.75, 3.05) is 11.9 Å². The number of nitriles is 1. The van der Waals surface area contributed by atoms with Crippen molar-refractivity contribution in [2.24, 2.45) is 0 Å². The average Bonchev–Trinajstić information content (AvgIpc) is 2.20. The molecule has 0 unspecified atom stereocenters. The molecule has 1 rings (SSSR count). The molecule has 0 aliphatic carbocycles. The Kier molecular flexibility index (Phi) is 14.0. The van der Waals surface area contributed by atoms with Crippen molar-refractivity contribution in [2.45, 2.75) is 13.7 Å². The number of thiol groups is 1. The molecule has 0 saturated carbocycles. The molecule has 77 valence electrons. The van der Waals surface area contributed by atoms with Gasteiger partial charge in [-0.1, -0.05) is 19.0 Å². The normalized spacial score (nSPS) is 7.33. The van der Waals surface area contributed by atoms with Crippen molar-refractivity contribution < 1.29 is 31.1 Å². The van der Waals surface area contributed by atoms with Crippen molar-refractivity contribution in [1.82, 2.24) is 0 Å². The summed E-state index contributed by atoms with van der Waals surface area (Å²) in [6, 6.07) is 9.60. The molecule has 0 spiro atoms. The summed E-state index contributed by atoms with van der Waals surface area (Å²) in [5.74, 6) is 0. The molecule has 1 aromatic rings. The van der Waals surface area contributed by atoms with Gasteiger partial charge in [0, 0.05) is 37.7 Å². The smallest absolute Gasteiger partial charge is 0.183 e. The molecule has 0 aromatic heterocycles. The van der Waals surface area contributed by atoms with Gasteiger partial charge in [-0.2, -0.15) is 5.26 Å². The van der Waals surface area contributed by atoms with Crippen molar-refractivity contribution in [3.63, 3.8) is 0 Å². The van der Waals surface area contributed by atoms with Crippen LogP contribution in [0.4, 0.5) is 5.69 Å². The Morgan fingerprint density at radius 1 is 1.47 bits per heavy atom. The molecule has 0 saturated heterocycles. The second-order valence-corrected chi connectivity index (χ2v) is 2.96. The van der Waals surface area contributed by atoms with Gasteiger partial charge in [0.25, 0.3) is 0 Å². The Morgan fingerprint density at radius 2 is 2.00 bits per heavy atom. The summed E-state index contributed by atoms with van der Waals surface area (Å²) < 4.78 is 0. The van der Waals surface area contributed by atoms with Gasteiger partial charge in [0.2, 0.25) is 0 Å². The minimum atomic E-state index is 0. The van der Waals surface area contributed by atoms with Crippen molar-refractivity contribution in [3.05, 3.63) is 29.8 Å². The molecule has 1 N–H and O–H groups in total. The maximum absolute atomic E-state index is 8.66. The summed E-state index contributed by atoms with van der Waals surface area (Å²) in [4.78, 5) is 0. The Bertz CT molecular complexity index is 302. The number of hydrogen-bond acceptors (Lipinski definition) is 3. The van der Waals surface area contributed by atoms with Gasteiger partial charge in [-0.3, -0.25) is 0 Å². The van der Waals surface area contributed by atoms with E-state index in [2.05, 4.69) is 23.9 Å². The fraction of sp³-hybridized carbons (Fsp3) is 0.300. The van der Waals surface area contributed by atoms with Gasteiger partial charge < -0.3 is 5.32 Å². The molecule has 0 amide bonds. The van der Waals surface area contributed by atoms with Crippen LogP contribution in [0.5, 0.6) is 0 Å². The third-order valence-electron chi connectivity index (χ3n) is 1.41. The van der Waals surface area contributed by atoms with Gasteiger partial charge >= 0.3 is 0 Å². The SMILES string of the molecule is CCNc1ccccc1C#N.C[B]S.[U]. The fourth-order valence-corrected chi connectivity index (χ4v) is 0.925. The number of rotatable bonds is 2. The van der Waals surface area contributed by atoms with Crippen LogP contribution < -0.4 is 5.32 Å². The number of benzene rings is 1. The van der Waals surface area contributed by atoms with Crippen LogP contribution in [0.15, 0.2) is 24.3 Å². The Hall–Kier alpha value is -0.0231. The maximum atomic E-state index is 8.66. The van der Waals surface area contributed by atoms with Crippen LogP contribution in [-0.4, -0.2) is 13.1 Å². The van der Waals surface area contributed by atoms with Crippen LogP contribution in [0.2, 0.25) is 6.82 Å². The van der Waals surface area contributed by atoms with E-state index in [1.807, 2.05) is 31.9 Å². The fourth-order valence-electron chi connectivity index (χ4n) is 0.925. The van der Waals surface area contributed by atoms with E-state index in [1.165, 1.54) is 0 Å². The number of anilines is 1. The second kappa shape index (κ2) is 12.0. The quantitative estimate of drug-likeness (QED) is 0.545. The number of para-hydroxylation sites is 1. The molecular weight excluding hydrogens is 429 g/mol. The molecule has 2 nitrogen and oxygen atoms in total. The first-order chi connectivity index (χ1) is 6.79. The van der Waals surface area contributed by atoms with Crippen molar-refractivity contribution in [1.29, 1.82) is 5.26 Å². The third kappa shape index (κ3) is 7.85. The molecule has 0 atom stereocenters. The molecule has 5 heteroatoms. The topological polar surface area (TPSA) is 35.8 Å². The molecule has 0 heterocycles. The molecule has 0 fully saturated rings. The van der Waals surface area contributed by atoms with Gasteiger partial charge in [-0.05, 0) is 19.1 Å². The minimum absolute atomic E-state index is 0.